The number of nitrogens with one attached hydrogen (secondary N) is 1. The minimum atomic E-state index is 0.843. The Morgan fingerprint density at radius 3 is 2.75 bits per heavy atom. The molecule has 20 heavy (non-hydrogen) atoms. The lowest BCUT2D eigenvalue weighted by Gasteiger charge is -2.14. The zero-order valence-corrected chi connectivity index (χ0v) is 14.5. The van der Waals surface area contributed by atoms with Gasteiger partial charge in [-0.25, -0.2) is 4.98 Å². The molecule has 2 aromatic heterocycles. The van der Waals surface area contributed by atoms with E-state index in [4.69, 9.17) is 16.6 Å². The van der Waals surface area contributed by atoms with Crippen molar-refractivity contribution in [3.05, 3.63) is 31.9 Å². The number of thiazole rings is 1. The topological polar surface area (TPSA) is 28.2 Å². The van der Waals surface area contributed by atoms with Gasteiger partial charge in [0.2, 0.25) is 0 Å². The maximum atomic E-state index is 5.98. The second kappa shape index (κ2) is 7.41. The van der Waals surface area contributed by atoms with E-state index in [1.807, 2.05) is 13.1 Å². The number of hydrogen-bond acceptors (Lipinski definition) is 5. The number of thiophene rings is 1. The maximum Gasteiger partial charge on any atom is 0.185 e. The number of rotatable bonds is 7. The number of nitrogens with zero attached hydrogens (tertiary/aromatic N) is 2. The predicted octanol–water partition coefficient (Wildman–Crippen LogP) is 4.17. The standard InChI is InChI=1S/C14H20ClN3S2/c1-4-5-11-12(8-16-2)20-14(17-11)18(3)9-10-6-7-13(15)19-10/h6-7,16H,4-5,8-9H2,1-3H3. The molecule has 0 amide bonds. The first-order valence-corrected chi connectivity index (χ1v) is 8.73. The summed E-state index contributed by atoms with van der Waals surface area (Å²) >= 11 is 9.39. The van der Waals surface area contributed by atoms with Gasteiger partial charge in [-0.2, -0.15) is 0 Å². The van der Waals surface area contributed by atoms with Crippen molar-refractivity contribution in [2.45, 2.75) is 32.9 Å². The van der Waals surface area contributed by atoms with Crippen LogP contribution in [0.2, 0.25) is 4.34 Å². The highest BCUT2D eigenvalue weighted by molar-refractivity contribution is 7.16. The summed E-state index contributed by atoms with van der Waals surface area (Å²) in [4.78, 5) is 9.61. The summed E-state index contributed by atoms with van der Waals surface area (Å²) < 4.78 is 0.843. The summed E-state index contributed by atoms with van der Waals surface area (Å²) in [6.07, 6.45) is 2.18. The van der Waals surface area contributed by atoms with Crippen molar-refractivity contribution in [3.8, 4) is 0 Å². The van der Waals surface area contributed by atoms with Crippen molar-refractivity contribution in [2.75, 3.05) is 19.0 Å². The van der Waals surface area contributed by atoms with Crippen LogP contribution in [0, 0.1) is 0 Å². The summed E-state index contributed by atoms with van der Waals surface area (Å²) in [5.41, 5.74) is 1.23. The van der Waals surface area contributed by atoms with Crippen molar-refractivity contribution in [1.82, 2.24) is 10.3 Å². The third kappa shape index (κ3) is 3.95. The summed E-state index contributed by atoms with van der Waals surface area (Å²) in [6.45, 7) is 3.95. The van der Waals surface area contributed by atoms with E-state index >= 15 is 0 Å². The number of hydrogen-bond donors (Lipinski definition) is 1. The van der Waals surface area contributed by atoms with E-state index in [0.29, 0.717) is 0 Å². The van der Waals surface area contributed by atoms with Crippen LogP contribution in [0.15, 0.2) is 12.1 Å². The lowest BCUT2D eigenvalue weighted by atomic mass is 10.2. The molecular weight excluding hydrogens is 310 g/mol. The summed E-state index contributed by atoms with van der Waals surface area (Å²) in [5, 5.41) is 4.31. The lowest BCUT2D eigenvalue weighted by molar-refractivity contribution is 0.796. The van der Waals surface area contributed by atoms with Crippen LogP contribution in [0.3, 0.4) is 0 Å². The molecule has 0 saturated carbocycles. The van der Waals surface area contributed by atoms with Crippen LogP contribution in [0.5, 0.6) is 0 Å². The molecule has 0 atom stereocenters. The van der Waals surface area contributed by atoms with E-state index in [-0.39, 0.29) is 0 Å². The van der Waals surface area contributed by atoms with Gasteiger partial charge in [-0.15, -0.1) is 22.7 Å². The molecule has 0 aliphatic rings. The molecule has 6 heteroatoms. The van der Waals surface area contributed by atoms with Gasteiger partial charge in [0, 0.05) is 23.3 Å². The first-order chi connectivity index (χ1) is 9.63. The molecule has 0 aliphatic carbocycles. The van der Waals surface area contributed by atoms with Crippen LogP contribution in [-0.4, -0.2) is 19.1 Å². The first-order valence-electron chi connectivity index (χ1n) is 6.72. The van der Waals surface area contributed by atoms with Crippen molar-refractivity contribution in [2.24, 2.45) is 0 Å². The van der Waals surface area contributed by atoms with Gasteiger partial charge in [0.05, 0.1) is 16.6 Å². The molecule has 110 valence electrons. The smallest absolute Gasteiger partial charge is 0.185 e. The predicted molar refractivity (Wildman–Crippen MR) is 90.3 cm³/mol. The second-order valence-corrected chi connectivity index (χ2v) is 7.57. The Balaban J connectivity index is 2.12. The molecule has 0 saturated heterocycles. The molecule has 0 bridgehead atoms. The average Bonchev–Trinajstić information content (AvgIpc) is 2.98. The molecule has 0 aromatic carbocycles. The van der Waals surface area contributed by atoms with E-state index in [1.54, 1.807) is 22.7 Å². The molecule has 2 aromatic rings. The van der Waals surface area contributed by atoms with E-state index in [2.05, 4.69) is 30.3 Å². The third-order valence-corrected chi connectivity index (χ3v) is 5.37. The minimum Gasteiger partial charge on any atom is -0.346 e. The molecule has 0 fully saturated rings. The van der Waals surface area contributed by atoms with Gasteiger partial charge < -0.3 is 10.2 Å². The molecule has 1 N–H and O–H groups in total. The van der Waals surface area contributed by atoms with Gasteiger partial charge in [-0.1, -0.05) is 24.9 Å². The van der Waals surface area contributed by atoms with Gasteiger partial charge in [-0.05, 0) is 25.6 Å². The number of halogens is 1. The van der Waals surface area contributed by atoms with Crippen molar-refractivity contribution < 1.29 is 0 Å². The molecule has 0 radical (unpaired) electrons. The molecule has 0 unspecified atom stereocenters. The monoisotopic (exact) mass is 329 g/mol. The van der Waals surface area contributed by atoms with Gasteiger partial charge in [-0.3, -0.25) is 0 Å². The number of aromatic nitrogens is 1. The van der Waals surface area contributed by atoms with Crippen LogP contribution < -0.4 is 10.2 Å². The fraction of sp³-hybridized carbons (Fsp3) is 0.500. The highest BCUT2D eigenvalue weighted by Gasteiger charge is 2.14. The zero-order chi connectivity index (χ0) is 14.5. The average molecular weight is 330 g/mol. The van der Waals surface area contributed by atoms with Crippen LogP contribution in [-0.2, 0) is 19.5 Å². The Kier molecular flexibility index (Phi) is 5.84. The van der Waals surface area contributed by atoms with Crippen molar-refractivity contribution in [1.29, 1.82) is 0 Å². The van der Waals surface area contributed by atoms with E-state index in [0.717, 1.165) is 35.4 Å². The lowest BCUT2D eigenvalue weighted by Crippen LogP contribution is -2.15. The summed E-state index contributed by atoms with van der Waals surface area (Å²) in [7, 11) is 4.07. The van der Waals surface area contributed by atoms with Gasteiger partial charge >= 0.3 is 0 Å². The summed E-state index contributed by atoms with van der Waals surface area (Å²) in [5.74, 6) is 0. The Hall–Kier alpha value is -0.620. The van der Waals surface area contributed by atoms with Gasteiger partial charge in [0.1, 0.15) is 0 Å². The molecular formula is C14H20ClN3S2. The highest BCUT2D eigenvalue weighted by Crippen LogP contribution is 2.29. The number of aryl methyl sites for hydroxylation is 1. The first kappa shape index (κ1) is 15.8. The van der Waals surface area contributed by atoms with Gasteiger partial charge in [0.15, 0.2) is 5.13 Å². The minimum absolute atomic E-state index is 0.843. The fourth-order valence-electron chi connectivity index (χ4n) is 2.00. The largest absolute Gasteiger partial charge is 0.346 e. The van der Waals surface area contributed by atoms with Gasteiger partial charge in [0.25, 0.3) is 0 Å². The Morgan fingerprint density at radius 2 is 2.15 bits per heavy atom. The molecule has 3 nitrogen and oxygen atoms in total. The van der Waals surface area contributed by atoms with Crippen LogP contribution >= 0.6 is 34.3 Å². The van der Waals surface area contributed by atoms with E-state index < -0.39 is 0 Å². The Labute approximate surface area is 133 Å². The molecule has 2 heterocycles. The molecule has 0 spiro atoms. The van der Waals surface area contributed by atoms with Crippen LogP contribution in [0.25, 0.3) is 0 Å². The normalized spacial score (nSPS) is 11.0. The van der Waals surface area contributed by atoms with Crippen molar-refractivity contribution in [3.63, 3.8) is 0 Å². The van der Waals surface area contributed by atoms with Crippen LogP contribution in [0.4, 0.5) is 5.13 Å². The zero-order valence-electron chi connectivity index (χ0n) is 12.1. The summed E-state index contributed by atoms with van der Waals surface area (Å²) in [6, 6.07) is 4.03. The molecule has 0 aliphatic heterocycles. The second-order valence-electron chi connectivity index (χ2n) is 4.71. The van der Waals surface area contributed by atoms with Crippen molar-refractivity contribution >= 4 is 39.4 Å². The Bertz CT molecular complexity index is 527. The van der Waals surface area contributed by atoms with Crippen LogP contribution in [0.1, 0.15) is 28.8 Å². The fourth-order valence-corrected chi connectivity index (χ4v) is 4.22. The quantitative estimate of drug-likeness (QED) is 0.826. The SMILES string of the molecule is CCCc1nc(N(C)Cc2ccc(Cl)s2)sc1CNC. The maximum absolute atomic E-state index is 5.98. The van der Waals surface area contributed by atoms with E-state index in [1.165, 1.54) is 15.4 Å². The third-order valence-electron chi connectivity index (χ3n) is 2.94. The van der Waals surface area contributed by atoms with E-state index in [9.17, 15) is 0 Å². The highest BCUT2D eigenvalue weighted by atomic mass is 35.5. The Morgan fingerprint density at radius 1 is 1.35 bits per heavy atom. The number of anilines is 1. The molecule has 2 rings (SSSR count).